The maximum Gasteiger partial charge on any atom is 0.255 e. The summed E-state index contributed by atoms with van der Waals surface area (Å²) in [5.74, 6) is -0.208. The van der Waals surface area contributed by atoms with Crippen LogP contribution < -0.4 is 10.2 Å². The number of pyridine rings is 1. The third-order valence-electron chi connectivity index (χ3n) is 3.99. The fourth-order valence-electron chi connectivity index (χ4n) is 2.51. The van der Waals surface area contributed by atoms with Crippen molar-refractivity contribution in [2.24, 2.45) is 0 Å². The largest absolute Gasteiger partial charge is 0.392 e. The van der Waals surface area contributed by atoms with Crippen molar-refractivity contribution in [1.82, 2.24) is 4.98 Å². The van der Waals surface area contributed by atoms with Crippen LogP contribution in [0.25, 0.3) is 0 Å². The summed E-state index contributed by atoms with van der Waals surface area (Å²) in [7, 11) is 0. The Bertz CT molecular complexity index is 656. The van der Waals surface area contributed by atoms with E-state index in [9.17, 15) is 9.90 Å². The quantitative estimate of drug-likeness (QED) is 0.779. The minimum absolute atomic E-state index is 0.139. The van der Waals surface area contributed by atoms with Crippen LogP contribution in [0.4, 0.5) is 11.4 Å². The average Bonchev–Trinajstić information content (AvgIpc) is 2.63. The monoisotopic (exact) mass is 327 g/mol. The first-order valence-electron chi connectivity index (χ1n) is 8.39. The van der Waals surface area contributed by atoms with E-state index in [1.165, 1.54) is 0 Å². The molecule has 0 spiro atoms. The van der Waals surface area contributed by atoms with Crippen LogP contribution in [0.15, 0.2) is 42.7 Å². The van der Waals surface area contributed by atoms with E-state index < -0.39 is 0 Å². The molecule has 1 aromatic heterocycles. The Labute approximate surface area is 143 Å². The van der Waals surface area contributed by atoms with E-state index in [1.807, 2.05) is 24.3 Å². The van der Waals surface area contributed by atoms with Crippen LogP contribution in [0.2, 0.25) is 0 Å². The number of rotatable bonds is 8. The third kappa shape index (κ3) is 4.55. The Balaban J connectivity index is 2.08. The van der Waals surface area contributed by atoms with Crippen molar-refractivity contribution >= 4 is 17.3 Å². The number of aromatic nitrogens is 1. The first-order valence-corrected chi connectivity index (χ1v) is 8.39. The van der Waals surface area contributed by atoms with Gasteiger partial charge in [0.1, 0.15) is 0 Å². The van der Waals surface area contributed by atoms with Crippen LogP contribution >= 0.6 is 0 Å². The highest BCUT2D eigenvalue weighted by atomic mass is 16.3. The molecule has 0 aliphatic carbocycles. The zero-order valence-electron chi connectivity index (χ0n) is 14.3. The van der Waals surface area contributed by atoms with Crippen LogP contribution in [0.5, 0.6) is 0 Å². The second-order valence-corrected chi connectivity index (χ2v) is 5.63. The van der Waals surface area contributed by atoms with Crippen LogP contribution in [0, 0.1) is 0 Å². The van der Waals surface area contributed by atoms with E-state index in [-0.39, 0.29) is 12.5 Å². The van der Waals surface area contributed by atoms with Crippen molar-refractivity contribution in [1.29, 1.82) is 0 Å². The molecule has 0 aliphatic rings. The molecule has 5 nitrogen and oxygen atoms in total. The average molecular weight is 327 g/mol. The van der Waals surface area contributed by atoms with E-state index in [2.05, 4.69) is 29.0 Å². The number of hydrogen-bond donors (Lipinski definition) is 2. The number of aliphatic hydroxyl groups excluding tert-OH is 1. The lowest BCUT2D eigenvalue weighted by atomic mass is 10.1. The molecular weight excluding hydrogens is 302 g/mol. The Morgan fingerprint density at radius 2 is 1.96 bits per heavy atom. The summed E-state index contributed by atoms with van der Waals surface area (Å²) in [6, 6.07) is 9.29. The summed E-state index contributed by atoms with van der Waals surface area (Å²) in [6.45, 7) is 6.14. The van der Waals surface area contributed by atoms with E-state index in [0.717, 1.165) is 31.6 Å². The van der Waals surface area contributed by atoms with E-state index in [1.54, 1.807) is 18.5 Å². The summed E-state index contributed by atoms with van der Waals surface area (Å²) in [5.41, 5.74) is 2.89. The molecule has 0 saturated heterocycles. The van der Waals surface area contributed by atoms with E-state index in [4.69, 9.17) is 0 Å². The lowest BCUT2D eigenvalue weighted by Gasteiger charge is -2.23. The smallest absolute Gasteiger partial charge is 0.255 e. The minimum atomic E-state index is -0.208. The molecule has 0 saturated carbocycles. The molecule has 1 aromatic carbocycles. The number of hydrogen-bond acceptors (Lipinski definition) is 4. The normalized spacial score (nSPS) is 10.5. The van der Waals surface area contributed by atoms with Crippen molar-refractivity contribution in [2.45, 2.75) is 33.3 Å². The van der Waals surface area contributed by atoms with Crippen molar-refractivity contribution in [3.8, 4) is 0 Å². The van der Waals surface area contributed by atoms with Gasteiger partial charge in [-0.1, -0.05) is 13.3 Å². The summed E-state index contributed by atoms with van der Waals surface area (Å²) in [6.07, 6.45) is 5.45. The highest BCUT2D eigenvalue weighted by molar-refractivity contribution is 6.04. The van der Waals surface area contributed by atoms with Gasteiger partial charge in [-0.25, -0.2) is 0 Å². The van der Waals surface area contributed by atoms with E-state index >= 15 is 0 Å². The molecule has 2 aromatic rings. The Hall–Kier alpha value is -2.40. The highest BCUT2D eigenvalue weighted by Gasteiger charge is 2.10. The van der Waals surface area contributed by atoms with E-state index in [0.29, 0.717) is 16.8 Å². The number of benzene rings is 1. The van der Waals surface area contributed by atoms with Gasteiger partial charge in [-0.3, -0.25) is 9.78 Å². The lowest BCUT2D eigenvalue weighted by molar-refractivity contribution is 0.102. The second-order valence-electron chi connectivity index (χ2n) is 5.63. The minimum Gasteiger partial charge on any atom is -0.392 e. The van der Waals surface area contributed by atoms with Gasteiger partial charge in [0.05, 0.1) is 18.5 Å². The molecule has 0 unspecified atom stereocenters. The SMILES string of the molecule is CCCCN(CC)c1ccc(C(=O)Nc2cnccc2CO)cc1. The number of carbonyl (C=O) groups excluding carboxylic acids is 1. The number of nitrogens with one attached hydrogen (secondary N) is 1. The first kappa shape index (κ1) is 17.9. The van der Waals surface area contributed by atoms with Gasteiger partial charge in [0, 0.05) is 36.1 Å². The van der Waals surface area contributed by atoms with Crippen molar-refractivity contribution < 1.29 is 9.90 Å². The molecule has 5 heteroatoms. The maximum atomic E-state index is 12.4. The zero-order chi connectivity index (χ0) is 17.4. The standard InChI is InChI=1S/C19H25N3O2/c1-3-5-12-22(4-2)17-8-6-15(7-9-17)19(24)21-18-13-20-11-10-16(18)14-23/h6-11,13,23H,3-5,12,14H2,1-2H3,(H,21,24). The molecule has 1 amide bonds. The molecule has 2 rings (SSSR count). The fraction of sp³-hybridized carbons (Fsp3) is 0.368. The number of aliphatic hydroxyl groups is 1. The van der Waals surface area contributed by atoms with Crippen molar-refractivity contribution in [2.75, 3.05) is 23.3 Å². The Kier molecular flexibility index (Phi) is 6.75. The summed E-state index contributed by atoms with van der Waals surface area (Å²) in [5, 5.41) is 12.1. The topological polar surface area (TPSA) is 65.5 Å². The molecule has 0 aliphatic heterocycles. The molecule has 24 heavy (non-hydrogen) atoms. The molecule has 0 radical (unpaired) electrons. The Morgan fingerprint density at radius 3 is 2.58 bits per heavy atom. The number of nitrogens with zero attached hydrogens (tertiary/aromatic N) is 2. The predicted octanol–water partition coefficient (Wildman–Crippen LogP) is 3.45. The van der Waals surface area contributed by atoms with Gasteiger partial charge in [0.15, 0.2) is 0 Å². The van der Waals surface area contributed by atoms with Crippen LogP contribution in [0.1, 0.15) is 42.6 Å². The first-order chi connectivity index (χ1) is 11.7. The van der Waals surface area contributed by atoms with Gasteiger partial charge >= 0.3 is 0 Å². The fourth-order valence-corrected chi connectivity index (χ4v) is 2.51. The summed E-state index contributed by atoms with van der Waals surface area (Å²) >= 11 is 0. The predicted molar refractivity (Wildman–Crippen MR) is 97.4 cm³/mol. The van der Waals surface area contributed by atoms with Gasteiger partial charge in [-0.15, -0.1) is 0 Å². The zero-order valence-corrected chi connectivity index (χ0v) is 14.3. The molecule has 1 heterocycles. The maximum absolute atomic E-state index is 12.4. The lowest BCUT2D eigenvalue weighted by Crippen LogP contribution is -2.23. The van der Waals surface area contributed by atoms with Gasteiger partial charge < -0.3 is 15.3 Å². The molecule has 2 N–H and O–H groups in total. The van der Waals surface area contributed by atoms with Crippen molar-refractivity contribution in [3.05, 3.63) is 53.9 Å². The number of amides is 1. The molecule has 0 bridgehead atoms. The highest BCUT2D eigenvalue weighted by Crippen LogP contribution is 2.18. The molecular formula is C19H25N3O2. The van der Waals surface area contributed by atoms with Crippen LogP contribution in [-0.4, -0.2) is 29.1 Å². The van der Waals surface area contributed by atoms with Gasteiger partial charge in [-0.2, -0.15) is 0 Å². The molecule has 0 atom stereocenters. The van der Waals surface area contributed by atoms with Crippen molar-refractivity contribution in [3.63, 3.8) is 0 Å². The number of unbranched alkanes of at least 4 members (excludes halogenated alkanes) is 1. The second kappa shape index (κ2) is 9.03. The van der Waals surface area contributed by atoms with Gasteiger partial charge in [0.25, 0.3) is 5.91 Å². The Morgan fingerprint density at radius 1 is 1.21 bits per heavy atom. The number of carbonyl (C=O) groups is 1. The third-order valence-corrected chi connectivity index (χ3v) is 3.99. The molecule has 0 fully saturated rings. The van der Waals surface area contributed by atoms with Gasteiger partial charge in [0.2, 0.25) is 0 Å². The summed E-state index contributed by atoms with van der Waals surface area (Å²) in [4.78, 5) is 18.7. The van der Waals surface area contributed by atoms with Crippen LogP contribution in [-0.2, 0) is 6.61 Å². The summed E-state index contributed by atoms with van der Waals surface area (Å²) < 4.78 is 0. The number of anilines is 2. The molecule has 128 valence electrons. The van der Waals surface area contributed by atoms with Gasteiger partial charge in [-0.05, 0) is 43.7 Å². The van der Waals surface area contributed by atoms with Crippen LogP contribution in [0.3, 0.4) is 0 Å².